The molecule has 1 aromatic rings. The van der Waals surface area contributed by atoms with Crippen molar-refractivity contribution in [3.63, 3.8) is 0 Å². The van der Waals surface area contributed by atoms with Crippen LogP contribution in [0, 0.1) is 6.92 Å². The molecule has 0 unspecified atom stereocenters. The number of nitrogens with zero attached hydrogens (tertiary/aromatic N) is 1. The summed E-state index contributed by atoms with van der Waals surface area (Å²) in [5.74, 6) is 0. The molecule has 88 valence electrons. The highest BCUT2D eigenvalue weighted by atomic mass is 32.1. The molecule has 0 aliphatic heterocycles. The van der Waals surface area contributed by atoms with Crippen LogP contribution in [0.15, 0.2) is 18.2 Å². The van der Waals surface area contributed by atoms with Crippen molar-refractivity contribution < 1.29 is 0 Å². The zero-order chi connectivity index (χ0) is 12.3. The van der Waals surface area contributed by atoms with E-state index in [0.717, 1.165) is 12.1 Å². The Morgan fingerprint density at radius 3 is 2.50 bits per heavy atom. The van der Waals surface area contributed by atoms with Crippen molar-refractivity contribution >= 4 is 22.9 Å². The smallest absolute Gasteiger partial charge is 0.106 e. The Balaban J connectivity index is 3.34. The number of hydrogen-bond donors (Lipinski definition) is 1. The first-order valence-electron chi connectivity index (χ1n) is 5.65. The summed E-state index contributed by atoms with van der Waals surface area (Å²) in [5, 5.41) is 0. The van der Waals surface area contributed by atoms with E-state index in [1.807, 2.05) is 12.1 Å². The molecule has 1 aromatic carbocycles. The van der Waals surface area contributed by atoms with Gasteiger partial charge in [0.1, 0.15) is 4.99 Å². The molecule has 2 nitrogen and oxygen atoms in total. The van der Waals surface area contributed by atoms with Crippen molar-refractivity contribution in [2.45, 2.75) is 33.7 Å². The minimum atomic E-state index is 0.444. The summed E-state index contributed by atoms with van der Waals surface area (Å²) in [6, 6.07) is 6.54. The first-order chi connectivity index (χ1) is 7.49. The molecule has 0 aliphatic rings. The van der Waals surface area contributed by atoms with Crippen LogP contribution < -0.4 is 10.6 Å². The van der Waals surface area contributed by atoms with Crippen LogP contribution in [0.3, 0.4) is 0 Å². The second-order valence-electron chi connectivity index (χ2n) is 4.22. The molecule has 0 saturated carbocycles. The average molecular weight is 236 g/mol. The third kappa shape index (κ3) is 2.53. The number of para-hydroxylation sites is 1. The molecule has 0 amide bonds. The fourth-order valence-electron chi connectivity index (χ4n) is 2.02. The fourth-order valence-corrected chi connectivity index (χ4v) is 2.19. The SMILES string of the molecule is CCN(c1c(C)cccc1C(N)=S)C(C)C. The van der Waals surface area contributed by atoms with Crippen molar-refractivity contribution in [1.29, 1.82) is 0 Å². The van der Waals surface area contributed by atoms with Crippen LogP contribution in [0.4, 0.5) is 5.69 Å². The molecule has 16 heavy (non-hydrogen) atoms. The topological polar surface area (TPSA) is 29.3 Å². The summed E-state index contributed by atoms with van der Waals surface area (Å²) in [6.07, 6.45) is 0. The van der Waals surface area contributed by atoms with Crippen molar-refractivity contribution in [2.75, 3.05) is 11.4 Å². The predicted molar refractivity (Wildman–Crippen MR) is 75.2 cm³/mol. The van der Waals surface area contributed by atoms with Gasteiger partial charge in [-0.3, -0.25) is 0 Å². The van der Waals surface area contributed by atoms with E-state index in [0.29, 0.717) is 11.0 Å². The Morgan fingerprint density at radius 1 is 1.44 bits per heavy atom. The quantitative estimate of drug-likeness (QED) is 0.815. The number of anilines is 1. The summed E-state index contributed by atoms with van der Waals surface area (Å²) >= 11 is 5.11. The summed E-state index contributed by atoms with van der Waals surface area (Å²) in [7, 11) is 0. The molecule has 0 heterocycles. The average Bonchev–Trinajstić information content (AvgIpc) is 2.20. The van der Waals surface area contributed by atoms with Crippen molar-refractivity contribution in [2.24, 2.45) is 5.73 Å². The van der Waals surface area contributed by atoms with Gasteiger partial charge in [0.2, 0.25) is 0 Å². The summed E-state index contributed by atoms with van der Waals surface area (Å²) in [4.78, 5) is 2.79. The minimum Gasteiger partial charge on any atom is -0.389 e. The van der Waals surface area contributed by atoms with Crippen LogP contribution >= 0.6 is 12.2 Å². The van der Waals surface area contributed by atoms with E-state index < -0.39 is 0 Å². The maximum Gasteiger partial charge on any atom is 0.106 e. The Kier molecular flexibility index (Phi) is 4.30. The van der Waals surface area contributed by atoms with Gasteiger partial charge in [-0.25, -0.2) is 0 Å². The normalized spacial score (nSPS) is 10.6. The van der Waals surface area contributed by atoms with Crippen LogP contribution in [-0.4, -0.2) is 17.6 Å². The van der Waals surface area contributed by atoms with Crippen LogP contribution in [0.5, 0.6) is 0 Å². The van der Waals surface area contributed by atoms with E-state index in [-0.39, 0.29) is 0 Å². The zero-order valence-electron chi connectivity index (χ0n) is 10.4. The second kappa shape index (κ2) is 5.30. The number of benzene rings is 1. The van der Waals surface area contributed by atoms with Gasteiger partial charge in [-0.05, 0) is 39.3 Å². The lowest BCUT2D eigenvalue weighted by atomic mass is 10.1. The molecule has 1 rings (SSSR count). The molecule has 0 saturated heterocycles. The lowest BCUT2D eigenvalue weighted by Crippen LogP contribution is -2.33. The molecular formula is C13H20N2S. The third-order valence-corrected chi connectivity index (χ3v) is 2.97. The minimum absolute atomic E-state index is 0.444. The van der Waals surface area contributed by atoms with Gasteiger partial charge in [0.05, 0.1) is 5.69 Å². The molecule has 0 bridgehead atoms. The number of thiocarbonyl (C=S) groups is 1. The Morgan fingerprint density at radius 2 is 2.06 bits per heavy atom. The highest BCUT2D eigenvalue weighted by Gasteiger charge is 2.16. The van der Waals surface area contributed by atoms with E-state index in [9.17, 15) is 0 Å². The lowest BCUT2D eigenvalue weighted by molar-refractivity contribution is 0.701. The highest BCUT2D eigenvalue weighted by molar-refractivity contribution is 7.80. The second-order valence-corrected chi connectivity index (χ2v) is 4.65. The van der Waals surface area contributed by atoms with E-state index >= 15 is 0 Å². The lowest BCUT2D eigenvalue weighted by Gasteiger charge is -2.31. The molecule has 0 radical (unpaired) electrons. The van der Waals surface area contributed by atoms with E-state index in [4.69, 9.17) is 18.0 Å². The molecule has 0 spiro atoms. The summed E-state index contributed by atoms with van der Waals surface area (Å²) in [6.45, 7) is 9.56. The Labute approximate surface area is 103 Å². The molecule has 0 fully saturated rings. The van der Waals surface area contributed by atoms with Crippen LogP contribution in [0.1, 0.15) is 31.9 Å². The molecule has 3 heteroatoms. The Hall–Kier alpha value is -1.09. The van der Waals surface area contributed by atoms with Gasteiger partial charge < -0.3 is 10.6 Å². The van der Waals surface area contributed by atoms with Crippen LogP contribution in [0.25, 0.3) is 0 Å². The highest BCUT2D eigenvalue weighted by Crippen LogP contribution is 2.26. The summed E-state index contributed by atoms with van der Waals surface area (Å²) in [5.41, 5.74) is 9.15. The van der Waals surface area contributed by atoms with Gasteiger partial charge in [0.25, 0.3) is 0 Å². The van der Waals surface area contributed by atoms with E-state index in [1.165, 1.54) is 11.3 Å². The van der Waals surface area contributed by atoms with E-state index in [2.05, 4.69) is 38.7 Å². The molecule has 2 N–H and O–H groups in total. The van der Waals surface area contributed by atoms with Gasteiger partial charge in [-0.15, -0.1) is 0 Å². The van der Waals surface area contributed by atoms with Crippen molar-refractivity contribution in [3.05, 3.63) is 29.3 Å². The molecular weight excluding hydrogens is 216 g/mol. The first-order valence-corrected chi connectivity index (χ1v) is 6.05. The standard InChI is InChI=1S/C13H20N2S/c1-5-15(9(2)3)12-10(4)7-6-8-11(12)13(14)16/h6-9H,5H2,1-4H3,(H2,14,16). The third-order valence-electron chi connectivity index (χ3n) is 2.75. The van der Waals surface area contributed by atoms with Crippen LogP contribution in [0.2, 0.25) is 0 Å². The van der Waals surface area contributed by atoms with Gasteiger partial charge in [0.15, 0.2) is 0 Å². The van der Waals surface area contributed by atoms with Gasteiger partial charge in [0, 0.05) is 18.2 Å². The van der Waals surface area contributed by atoms with Gasteiger partial charge in [-0.1, -0.05) is 24.4 Å². The Bertz CT molecular complexity index is 386. The predicted octanol–water partition coefficient (Wildman–Crippen LogP) is 2.86. The summed E-state index contributed by atoms with van der Waals surface area (Å²) < 4.78 is 0. The molecule has 0 aliphatic carbocycles. The van der Waals surface area contributed by atoms with Crippen LogP contribution in [-0.2, 0) is 0 Å². The fraction of sp³-hybridized carbons (Fsp3) is 0.462. The van der Waals surface area contributed by atoms with Crippen molar-refractivity contribution in [3.8, 4) is 0 Å². The monoisotopic (exact) mass is 236 g/mol. The number of nitrogens with two attached hydrogens (primary N) is 1. The maximum atomic E-state index is 5.78. The van der Waals surface area contributed by atoms with Gasteiger partial charge >= 0.3 is 0 Å². The molecule has 0 atom stereocenters. The molecule has 0 aromatic heterocycles. The van der Waals surface area contributed by atoms with Crippen molar-refractivity contribution in [1.82, 2.24) is 0 Å². The largest absolute Gasteiger partial charge is 0.389 e. The zero-order valence-corrected chi connectivity index (χ0v) is 11.3. The van der Waals surface area contributed by atoms with Gasteiger partial charge in [-0.2, -0.15) is 0 Å². The number of rotatable bonds is 4. The van der Waals surface area contributed by atoms with E-state index in [1.54, 1.807) is 0 Å². The maximum absolute atomic E-state index is 5.78. The number of aryl methyl sites for hydroxylation is 1. The first kappa shape index (κ1) is 13.0. The number of hydrogen-bond acceptors (Lipinski definition) is 2.